The first kappa shape index (κ1) is 15.7. The minimum atomic E-state index is -0.143. The van der Waals surface area contributed by atoms with Gasteiger partial charge in [-0.2, -0.15) is 0 Å². The normalized spacial score (nSPS) is 11.6. The molecule has 0 aromatic carbocycles. The van der Waals surface area contributed by atoms with Gasteiger partial charge in [-0.3, -0.25) is 9.63 Å². The number of hydroxylamine groups is 2. The van der Waals surface area contributed by atoms with Crippen LogP contribution in [0.1, 0.15) is 45.4 Å². The van der Waals surface area contributed by atoms with E-state index in [4.69, 9.17) is 4.84 Å². The summed E-state index contributed by atoms with van der Waals surface area (Å²) in [5.41, 5.74) is 0. The maximum Gasteiger partial charge on any atom is 0.283 e. The fourth-order valence-corrected chi connectivity index (χ4v) is 1.78. The molecule has 0 aliphatic rings. The van der Waals surface area contributed by atoms with E-state index in [2.05, 4.69) is 22.9 Å². The molecule has 0 atom stereocenters. The van der Waals surface area contributed by atoms with Gasteiger partial charge in [-0.15, -0.1) is 0 Å². The van der Waals surface area contributed by atoms with E-state index >= 15 is 0 Å². The molecule has 0 bridgehead atoms. The van der Waals surface area contributed by atoms with Crippen LogP contribution in [0, 0.1) is 0 Å². The summed E-state index contributed by atoms with van der Waals surface area (Å²) in [6.45, 7) is 2.20. The van der Waals surface area contributed by atoms with E-state index in [1.165, 1.54) is 37.9 Å². The molecule has 0 fully saturated rings. The number of likely N-dealkylation sites (N-methyl/N-ethyl adjacent to an activating group) is 1. The Morgan fingerprint density at radius 3 is 2.50 bits per heavy atom. The zero-order valence-electron chi connectivity index (χ0n) is 10.5. The summed E-state index contributed by atoms with van der Waals surface area (Å²) in [5.74, 6) is -0.143. The summed E-state index contributed by atoms with van der Waals surface area (Å²) < 4.78 is 0.576. The molecule has 0 saturated heterocycles. The molecular formula is C12H22BrNO2. The number of amides is 1. The van der Waals surface area contributed by atoms with Crippen LogP contribution in [-0.4, -0.2) is 25.1 Å². The standard InChI is InChI=1S/C12H22BrNO2/c1-4-5-6-7-8-9-10-11(13)12(15)14(2)16-3/h10H,4-9H2,1-3H3/b11-10+. The Hall–Kier alpha value is -0.350. The number of nitrogens with zero attached hydrogens (tertiary/aromatic N) is 1. The molecule has 94 valence electrons. The van der Waals surface area contributed by atoms with Gasteiger partial charge >= 0.3 is 0 Å². The molecule has 0 aliphatic heterocycles. The predicted molar refractivity (Wildman–Crippen MR) is 70.2 cm³/mol. The van der Waals surface area contributed by atoms with Crippen LogP contribution in [0.15, 0.2) is 10.6 Å². The van der Waals surface area contributed by atoms with E-state index < -0.39 is 0 Å². The zero-order chi connectivity index (χ0) is 12.4. The second-order valence-corrected chi connectivity index (χ2v) is 4.59. The summed E-state index contributed by atoms with van der Waals surface area (Å²) in [6.07, 6.45) is 9.08. The molecule has 1 amide bonds. The van der Waals surface area contributed by atoms with Crippen LogP contribution in [0.25, 0.3) is 0 Å². The molecule has 0 aromatic heterocycles. The van der Waals surface area contributed by atoms with Gasteiger partial charge in [0.25, 0.3) is 5.91 Å². The highest BCUT2D eigenvalue weighted by Crippen LogP contribution is 2.12. The first-order valence-corrected chi connectivity index (χ1v) is 6.60. The van der Waals surface area contributed by atoms with Gasteiger partial charge in [-0.05, 0) is 28.8 Å². The largest absolute Gasteiger partial charge is 0.283 e. The Morgan fingerprint density at radius 1 is 1.31 bits per heavy atom. The molecule has 0 unspecified atom stereocenters. The van der Waals surface area contributed by atoms with Crippen LogP contribution in [0.2, 0.25) is 0 Å². The van der Waals surface area contributed by atoms with Crippen molar-refractivity contribution < 1.29 is 9.63 Å². The van der Waals surface area contributed by atoms with Crippen molar-refractivity contribution in [1.29, 1.82) is 0 Å². The smallest absolute Gasteiger partial charge is 0.274 e. The number of halogens is 1. The van der Waals surface area contributed by atoms with Crippen molar-refractivity contribution in [2.45, 2.75) is 45.4 Å². The van der Waals surface area contributed by atoms with Crippen molar-refractivity contribution in [3.63, 3.8) is 0 Å². The van der Waals surface area contributed by atoms with E-state index in [0.717, 1.165) is 12.8 Å². The van der Waals surface area contributed by atoms with Crippen LogP contribution >= 0.6 is 15.9 Å². The Kier molecular flexibility index (Phi) is 9.63. The molecule has 4 heteroatoms. The van der Waals surface area contributed by atoms with Gasteiger partial charge in [0.05, 0.1) is 11.6 Å². The van der Waals surface area contributed by atoms with Crippen molar-refractivity contribution in [2.24, 2.45) is 0 Å². The highest BCUT2D eigenvalue weighted by atomic mass is 79.9. The van der Waals surface area contributed by atoms with Gasteiger partial charge in [-0.25, -0.2) is 5.06 Å². The van der Waals surface area contributed by atoms with Crippen molar-refractivity contribution in [3.8, 4) is 0 Å². The average molecular weight is 292 g/mol. The van der Waals surface area contributed by atoms with Crippen LogP contribution in [0.4, 0.5) is 0 Å². The number of allylic oxidation sites excluding steroid dienone is 1. The highest BCUT2D eigenvalue weighted by Gasteiger charge is 2.10. The molecule has 16 heavy (non-hydrogen) atoms. The summed E-state index contributed by atoms with van der Waals surface area (Å²) in [6, 6.07) is 0. The number of carbonyl (C=O) groups is 1. The minimum absolute atomic E-state index is 0.143. The number of hydrogen-bond acceptors (Lipinski definition) is 2. The third-order valence-corrected chi connectivity index (χ3v) is 3.06. The first-order valence-electron chi connectivity index (χ1n) is 5.81. The third-order valence-electron chi connectivity index (χ3n) is 2.40. The van der Waals surface area contributed by atoms with E-state index in [0.29, 0.717) is 4.48 Å². The second-order valence-electron chi connectivity index (χ2n) is 3.74. The Balaban J connectivity index is 3.74. The van der Waals surface area contributed by atoms with E-state index in [-0.39, 0.29) is 5.91 Å². The molecule has 0 radical (unpaired) electrons. The molecule has 3 nitrogen and oxygen atoms in total. The average Bonchev–Trinajstić information content (AvgIpc) is 2.31. The zero-order valence-corrected chi connectivity index (χ0v) is 12.0. The lowest BCUT2D eigenvalue weighted by molar-refractivity contribution is -0.163. The van der Waals surface area contributed by atoms with Gasteiger partial charge in [-0.1, -0.05) is 38.7 Å². The lowest BCUT2D eigenvalue weighted by Crippen LogP contribution is -2.25. The van der Waals surface area contributed by atoms with E-state index in [1.54, 1.807) is 7.05 Å². The molecule has 0 spiro atoms. The maximum absolute atomic E-state index is 11.5. The van der Waals surface area contributed by atoms with Gasteiger partial charge in [0.15, 0.2) is 0 Å². The van der Waals surface area contributed by atoms with Gasteiger partial charge in [0.1, 0.15) is 0 Å². The molecule has 0 saturated carbocycles. The van der Waals surface area contributed by atoms with Crippen molar-refractivity contribution in [2.75, 3.05) is 14.2 Å². The van der Waals surface area contributed by atoms with Crippen molar-refractivity contribution in [3.05, 3.63) is 10.6 Å². The summed E-state index contributed by atoms with van der Waals surface area (Å²) in [4.78, 5) is 16.3. The van der Waals surface area contributed by atoms with E-state index in [9.17, 15) is 4.79 Å². The summed E-state index contributed by atoms with van der Waals surface area (Å²) in [7, 11) is 3.07. The van der Waals surface area contributed by atoms with E-state index in [1.807, 2.05) is 6.08 Å². The highest BCUT2D eigenvalue weighted by molar-refractivity contribution is 9.12. The van der Waals surface area contributed by atoms with Crippen LogP contribution < -0.4 is 0 Å². The number of hydrogen-bond donors (Lipinski definition) is 0. The topological polar surface area (TPSA) is 29.5 Å². The molecule has 0 N–H and O–H groups in total. The lowest BCUT2D eigenvalue weighted by Gasteiger charge is -2.12. The fourth-order valence-electron chi connectivity index (χ4n) is 1.30. The fraction of sp³-hybridized carbons (Fsp3) is 0.750. The van der Waals surface area contributed by atoms with Crippen LogP contribution in [0.5, 0.6) is 0 Å². The first-order chi connectivity index (χ1) is 7.63. The summed E-state index contributed by atoms with van der Waals surface area (Å²) >= 11 is 3.26. The van der Waals surface area contributed by atoms with Crippen molar-refractivity contribution >= 4 is 21.8 Å². The molecule has 0 aliphatic carbocycles. The van der Waals surface area contributed by atoms with Gasteiger partial charge in [0.2, 0.25) is 0 Å². The Morgan fingerprint density at radius 2 is 1.94 bits per heavy atom. The SMILES string of the molecule is CCCCCCC/C=C(/Br)C(=O)N(C)OC. The number of unbranched alkanes of at least 4 members (excludes halogenated alkanes) is 5. The summed E-state index contributed by atoms with van der Waals surface area (Å²) in [5, 5.41) is 1.21. The second kappa shape index (κ2) is 9.85. The third kappa shape index (κ3) is 7.01. The molecular weight excluding hydrogens is 270 g/mol. The van der Waals surface area contributed by atoms with Crippen LogP contribution in [0.3, 0.4) is 0 Å². The lowest BCUT2D eigenvalue weighted by atomic mass is 10.1. The maximum atomic E-state index is 11.5. The minimum Gasteiger partial charge on any atom is -0.274 e. The van der Waals surface area contributed by atoms with Crippen LogP contribution in [-0.2, 0) is 9.63 Å². The van der Waals surface area contributed by atoms with Gasteiger partial charge < -0.3 is 0 Å². The molecule has 0 rings (SSSR count). The number of rotatable bonds is 8. The molecule has 0 aromatic rings. The Labute approximate surface area is 107 Å². The predicted octanol–water partition coefficient (Wildman–Crippen LogP) is 3.65. The van der Waals surface area contributed by atoms with Crippen molar-refractivity contribution in [1.82, 2.24) is 5.06 Å². The molecule has 0 heterocycles. The quantitative estimate of drug-likeness (QED) is 0.388. The Bertz CT molecular complexity index is 229. The van der Waals surface area contributed by atoms with Gasteiger partial charge in [0, 0.05) is 7.05 Å². The number of carbonyl (C=O) groups excluding carboxylic acids is 1. The monoisotopic (exact) mass is 291 g/mol.